The highest BCUT2D eigenvalue weighted by Crippen LogP contribution is 2.37. The third-order valence-electron chi connectivity index (χ3n) is 2.87. The van der Waals surface area contributed by atoms with E-state index in [-0.39, 0.29) is 18.5 Å². The lowest BCUT2D eigenvalue weighted by Gasteiger charge is -2.22. The standard InChI is InChI=1S/C12H10NO4/c1-7-9(14)5-12(15)13(7)8-2-3-10-11(4-8)17-6-16-10/h2-4,7,14H,6H2,1H3. The Morgan fingerprint density at radius 2 is 2.18 bits per heavy atom. The summed E-state index contributed by atoms with van der Waals surface area (Å²) in [4.78, 5) is 13.1. The molecule has 0 spiro atoms. The molecule has 1 unspecified atom stereocenters. The molecule has 0 aromatic heterocycles. The zero-order valence-corrected chi connectivity index (χ0v) is 9.14. The highest BCUT2D eigenvalue weighted by molar-refractivity contribution is 6.02. The molecule has 1 radical (unpaired) electrons. The minimum absolute atomic E-state index is 0.0485. The van der Waals surface area contributed by atoms with Crippen molar-refractivity contribution in [1.82, 2.24) is 0 Å². The van der Waals surface area contributed by atoms with E-state index in [0.29, 0.717) is 17.2 Å². The van der Waals surface area contributed by atoms with Crippen LogP contribution >= 0.6 is 0 Å². The molecular weight excluding hydrogens is 222 g/mol. The number of amides is 1. The fourth-order valence-corrected chi connectivity index (χ4v) is 1.95. The van der Waals surface area contributed by atoms with Crippen molar-refractivity contribution in [3.8, 4) is 11.5 Å². The van der Waals surface area contributed by atoms with Crippen LogP contribution < -0.4 is 14.4 Å². The Morgan fingerprint density at radius 1 is 1.41 bits per heavy atom. The van der Waals surface area contributed by atoms with Gasteiger partial charge in [-0.25, -0.2) is 0 Å². The van der Waals surface area contributed by atoms with Gasteiger partial charge in [0.2, 0.25) is 6.79 Å². The molecule has 5 nitrogen and oxygen atoms in total. The Bertz CT molecular complexity index is 523. The number of ether oxygens (including phenoxy) is 2. The van der Waals surface area contributed by atoms with E-state index >= 15 is 0 Å². The van der Waals surface area contributed by atoms with Gasteiger partial charge in [-0.2, -0.15) is 0 Å². The number of carbonyl (C=O) groups is 1. The molecule has 1 aromatic carbocycles. The van der Waals surface area contributed by atoms with Gasteiger partial charge >= 0.3 is 0 Å². The van der Waals surface area contributed by atoms with Crippen LogP contribution in [0.15, 0.2) is 24.0 Å². The molecule has 1 amide bonds. The van der Waals surface area contributed by atoms with Crippen LogP contribution in [0.2, 0.25) is 0 Å². The van der Waals surface area contributed by atoms with Gasteiger partial charge in [-0.1, -0.05) is 0 Å². The quantitative estimate of drug-likeness (QED) is 0.795. The lowest BCUT2D eigenvalue weighted by Crippen LogP contribution is -2.33. The van der Waals surface area contributed by atoms with Gasteiger partial charge in [0.25, 0.3) is 5.91 Å². The van der Waals surface area contributed by atoms with E-state index in [1.54, 1.807) is 25.1 Å². The van der Waals surface area contributed by atoms with Gasteiger partial charge < -0.3 is 14.6 Å². The Labute approximate surface area is 97.9 Å². The third-order valence-corrected chi connectivity index (χ3v) is 2.87. The van der Waals surface area contributed by atoms with E-state index in [9.17, 15) is 9.90 Å². The van der Waals surface area contributed by atoms with Crippen molar-refractivity contribution in [3.63, 3.8) is 0 Å². The van der Waals surface area contributed by atoms with E-state index in [4.69, 9.17) is 9.47 Å². The molecule has 0 bridgehead atoms. The Hall–Kier alpha value is -2.17. The molecule has 0 saturated heterocycles. The third kappa shape index (κ3) is 1.43. The molecule has 2 aliphatic rings. The molecule has 0 fully saturated rings. The fourth-order valence-electron chi connectivity index (χ4n) is 1.95. The highest BCUT2D eigenvalue weighted by Gasteiger charge is 2.32. The molecule has 5 heteroatoms. The Kier molecular flexibility index (Phi) is 2.01. The van der Waals surface area contributed by atoms with E-state index in [2.05, 4.69) is 6.08 Å². The fraction of sp³-hybridized carbons (Fsp3) is 0.250. The number of hydrogen-bond acceptors (Lipinski definition) is 4. The van der Waals surface area contributed by atoms with Crippen LogP contribution in [0.1, 0.15) is 6.92 Å². The van der Waals surface area contributed by atoms with Crippen LogP contribution in [-0.4, -0.2) is 23.8 Å². The van der Waals surface area contributed by atoms with Crippen LogP contribution in [0.4, 0.5) is 5.69 Å². The molecule has 1 atom stereocenters. The Balaban J connectivity index is 1.98. The second-order valence-electron chi connectivity index (χ2n) is 3.90. The summed E-state index contributed by atoms with van der Waals surface area (Å²) in [6, 6.07) is 4.81. The Morgan fingerprint density at radius 3 is 2.88 bits per heavy atom. The lowest BCUT2D eigenvalue weighted by atomic mass is 10.2. The zero-order valence-electron chi connectivity index (χ0n) is 9.14. The first kappa shape index (κ1) is 10.0. The predicted molar refractivity (Wildman–Crippen MR) is 58.9 cm³/mol. The summed E-state index contributed by atoms with van der Waals surface area (Å²) in [5.41, 5.74) is 0.656. The summed E-state index contributed by atoms with van der Waals surface area (Å²) in [6.07, 6.45) is 2.37. The van der Waals surface area contributed by atoms with Crippen molar-refractivity contribution in [2.45, 2.75) is 13.0 Å². The summed E-state index contributed by atoms with van der Waals surface area (Å²) in [7, 11) is 0. The smallest absolute Gasteiger partial charge is 0.263 e. The number of aliphatic hydroxyl groups is 1. The number of benzene rings is 1. The number of carbonyl (C=O) groups excluding carboxylic acids is 1. The maximum atomic E-state index is 11.7. The van der Waals surface area contributed by atoms with Crippen LogP contribution in [0.5, 0.6) is 11.5 Å². The van der Waals surface area contributed by atoms with Crippen molar-refractivity contribution in [1.29, 1.82) is 0 Å². The SMILES string of the molecule is CC1C(O)=[C]C(=O)N1c1ccc2c(c1)OCO2. The molecule has 3 rings (SSSR count). The van der Waals surface area contributed by atoms with Crippen LogP contribution in [0.25, 0.3) is 0 Å². The molecule has 0 aliphatic carbocycles. The average molecular weight is 232 g/mol. The number of nitrogens with zero attached hydrogens (tertiary/aromatic N) is 1. The highest BCUT2D eigenvalue weighted by atomic mass is 16.7. The average Bonchev–Trinajstić information content (AvgIpc) is 2.84. The van der Waals surface area contributed by atoms with Gasteiger partial charge in [0, 0.05) is 11.8 Å². The van der Waals surface area contributed by atoms with Crippen LogP contribution in [0, 0.1) is 6.08 Å². The van der Waals surface area contributed by atoms with Gasteiger partial charge in [-0.3, -0.25) is 9.69 Å². The van der Waals surface area contributed by atoms with Crippen molar-refractivity contribution in [2.24, 2.45) is 0 Å². The minimum atomic E-state index is -0.400. The summed E-state index contributed by atoms with van der Waals surface area (Å²) < 4.78 is 10.4. The van der Waals surface area contributed by atoms with Gasteiger partial charge in [0.05, 0.1) is 12.1 Å². The molecule has 2 heterocycles. The number of anilines is 1. The second kappa shape index (κ2) is 3.41. The first-order valence-electron chi connectivity index (χ1n) is 5.22. The van der Waals surface area contributed by atoms with Crippen molar-refractivity contribution < 1.29 is 19.4 Å². The van der Waals surface area contributed by atoms with Crippen molar-refractivity contribution >= 4 is 11.6 Å². The molecule has 2 aliphatic heterocycles. The van der Waals surface area contributed by atoms with Gasteiger partial charge in [-0.15, -0.1) is 0 Å². The van der Waals surface area contributed by atoms with E-state index in [1.807, 2.05) is 0 Å². The lowest BCUT2D eigenvalue weighted by molar-refractivity contribution is -0.114. The number of fused-ring (bicyclic) bond motifs is 1. The number of aliphatic hydroxyl groups excluding tert-OH is 1. The second-order valence-corrected chi connectivity index (χ2v) is 3.90. The van der Waals surface area contributed by atoms with E-state index < -0.39 is 6.04 Å². The molecule has 0 saturated carbocycles. The maximum absolute atomic E-state index is 11.7. The number of hydrogen-bond donors (Lipinski definition) is 1. The monoisotopic (exact) mass is 232 g/mol. The van der Waals surface area contributed by atoms with Gasteiger partial charge in [0.1, 0.15) is 5.76 Å². The first-order valence-corrected chi connectivity index (χ1v) is 5.22. The normalized spacial score (nSPS) is 21.9. The summed E-state index contributed by atoms with van der Waals surface area (Å²) in [5.74, 6) is 0.865. The minimum Gasteiger partial charge on any atom is -0.509 e. The zero-order chi connectivity index (χ0) is 12.0. The van der Waals surface area contributed by atoms with E-state index in [1.165, 1.54) is 4.90 Å². The summed E-state index contributed by atoms with van der Waals surface area (Å²) in [5, 5.41) is 9.48. The van der Waals surface area contributed by atoms with Crippen LogP contribution in [-0.2, 0) is 4.79 Å². The largest absolute Gasteiger partial charge is 0.509 e. The first-order chi connectivity index (χ1) is 8.16. The van der Waals surface area contributed by atoms with Gasteiger partial charge in [0.15, 0.2) is 11.5 Å². The predicted octanol–water partition coefficient (Wildman–Crippen LogP) is 1.40. The van der Waals surface area contributed by atoms with Crippen LogP contribution in [0.3, 0.4) is 0 Å². The topological polar surface area (TPSA) is 59.0 Å². The molecule has 1 N–H and O–H groups in total. The molecular formula is C12H10NO4. The summed E-state index contributed by atoms with van der Waals surface area (Å²) in [6.45, 7) is 1.93. The number of rotatable bonds is 1. The molecule has 87 valence electrons. The summed E-state index contributed by atoms with van der Waals surface area (Å²) >= 11 is 0. The van der Waals surface area contributed by atoms with Crippen molar-refractivity contribution in [3.05, 3.63) is 30.0 Å². The molecule has 1 aromatic rings. The van der Waals surface area contributed by atoms with E-state index in [0.717, 1.165) is 0 Å². The van der Waals surface area contributed by atoms with Gasteiger partial charge in [-0.05, 0) is 19.1 Å². The molecule has 17 heavy (non-hydrogen) atoms. The van der Waals surface area contributed by atoms with Crippen molar-refractivity contribution in [2.75, 3.05) is 11.7 Å². The maximum Gasteiger partial charge on any atom is 0.263 e.